The molecule has 1 aliphatic carbocycles. The summed E-state index contributed by atoms with van der Waals surface area (Å²) >= 11 is 4.09. The Balaban J connectivity index is 1.28. The van der Waals surface area contributed by atoms with Crippen LogP contribution in [0.25, 0.3) is 9.40 Å². The highest BCUT2D eigenvalue weighted by atomic mass is 32.1. The van der Waals surface area contributed by atoms with Crippen molar-refractivity contribution < 1.29 is 0 Å². The van der Waals surface area contributed by atoms with Crippen LogP contribution in [0.15, 0.2) is 12.1 Å². The van der Waals surface area contributed by atoms with Gasteiger partial charge in [-0.3, -0.25) is 0 Å². The minimum Gasteiger partial charge on any atom is -0.139 e. The molecule has 0 spiro atoms. The molecule has 0 aromatic carbocycles. The van der Waals surface area contributed by atoms with Crippen LogP contribution < -0.4 is 0 Å². The maximum Gasteiger partial charge on any atom is 0.0456 e. The van der Waals surface area contributed by atoms with Gasteiger partial charge in [0.2, 0.25) is 0 Å². The summed E-state index contributed by atoms with van der Waals surface area (Å²) in [6.07, 6.45) is 23.0. The van der Waals surface area contributed by atoms with Crippen molar-refractivity contribution in [2.75, 3.05) is 0 Å². The molecule has 1 saturated carbocycles. The van der Waals surface area contributed by atoms with Gasteiger partial charge in [0.15, 0.2) is 0 Å². The first kappa shape index (κ1) is 22.3. The van der Waals surface area contributed by atoms with Gasteiger partial charge < -0.3 is 0 Å². The van der Waals surface area contributed by atoms with E-state index in [1.165, 1.54) is 103 Å². The largest absolute Gasteiger partial charge is 0.139 e. The summed E-state index contributed by atoms with van der Waals surface area (Å²) in [5.74, 6) is 2.05. The molecular formula is C26H42S2. The van der Waals surface area contributed by atoms with Crippen LogP contribution >= 0.6 is 22.7 Å². The van der Waals surface area contributed by atoms with Gasteiger partial charge in [-0.1, -0.05) is 97.3 Å². The summed E-state index contributed by atoms with van der Waals surface area (Å²) < 4.78 is 3.09. The minimum absolute atomic E-state index is 1.00. The van der Waals surface area contributed by atoms with Crippen LogP contribution in [-0.4, -0.2) is 0 Å². The van der Waals surface area contributed by atoms with E-state index in [2.05, 4.69) is 37.3 Å². The lowest BCUT2D eigenvalue weighted by Crippen LogP contribution is -2.15. The number of unbranched alkanes of at least 4 members (excludes halogenated alkanes) is 6. The van der Waals surface area contributed by atoms with Crippen molar-refractivity contribution in [2.45, 2.75) is 117 Å². The molecule has 1 fully saturated rings. The van der Waals surface area contributed by atoms with E-state index in [9.17, 15) is 0 Å². The van der Waals surface area contributed by atoms with Crippen molar-refractivity contribution in [3.05, 3.63) is 21.9 Å². The Bertz CT molecular complexity index is 626. The molecule has 0 N–H and O–H groups in total. The fourth-order valence-electron chi connectivity index (χ4n) is 4.97. The second kappa shape index (κ2) is 12.4. The topological polar surface area (TPSA) is 0 Å². The summed E-state index contributed by atoms with van der Waals surface area (Å²) in [7, 11) is 0. The fraction of sp³-hybridized carbons (Fsp3) is 0.769. The number of hydrogen-bond donors (Lipinski definition) is 0. The molecule has 28 heavy (non-hydrogen) atoms. The van der Waals surface area contributed by atoms with Crippen LogP contribution in [0, 0.1) is 11.8 Å². The molecule has 2 aromatic rings. The van der Waals surface area contributed by atoms with Gasteiger partial charge in [-0.2, -0.15) is 0 Å². The highest BCUT2D eigenvalue weighted by Gasteiger charge is 2.21. The molecule has 0 amide bonds. The molecule has 158 valence electrons. The lowest BCUT2D eigenvalue weighted by Gasteiger charge is -2.28. The Labute approximate surface area is 182 Å². The van der Waals surface area contributed by atoms with Gasteiger partial charge in [0, 0.05) is 19.2 Å². The monoisotopic (exact) mass is 418 g/mol. The van der Waals surface area contributed by atoms with Gasteiger partial charge in [0.25, 0.3) is 0 Å². The van der Waals surface area contributed by atoms with Crippen LogP contribution in [0.3, 0.4) is 0 Å². The van der Waals surface area contributed by atoms with Gasteiger partial charge in [0.05, 0.1) is 0 Å². The second-order valence-electron chi connectivity index (χ2n) is 9.24. The fourth-order valence-corrected chi connectivity index (χ4v) is 7.54. The van der Waals surface area contributed by atoms with Gasteiger partial charge in [0.1, 0.15) is 0 Å². The van der Waals surface area contributed by atoms with E-state index in [0.717, 1.165) is 11.8 Å². The number of thiophene rings is 2. The molecule has 2 aromatic heterocycles. The van der Waals surface area contributed by atoms with Crippen LogP contribution in [-0.2, 0) is 12.8 Å². The van der Waals surface area contributed by atoms with Crippen molar-refractivity contribution in [1.82, 2.24) is 0 Å². The Morgan fingerprint density at radius 2 is 1.18 bits per heavy atom. The first-order valence-corrected chi connectivity index (χ1v) is 13.9. The van der Waals surface area contributed by atoms with E-state index >= 15 is 0 Å². The van der Waals surface area contributed by atoms with E-state index < -0.39 is 0 Å². The Hall–Kier alpha value is -0.340. The van der Waals surface area contributed by atoms with Crippen molar-refractivity contribution in [2.24, 2.45) is 11.8 Å². The lowest BCUT2D eigenvalue weighted by atomic mass is 9.78. The van der Waals surface area contributed by atoms with Crippen LogP contribution in [0.5, 0.6) is 0 Å². The molecule has 0 nitrogen and oxygen atoms in total. The Kier molecular flexibility index (Phi) is 9.88. The first-order chi connectivity index (χ1) is 13.8. The highest BCUT2D eigenvalue weighted by Crippen LogP contribution is 2.37. The predicted octanol–water partition coefficient (Wildman–Crippen LogP) is 9.79. The van der Waals surface area contributed by atoms with Crippen LogP contribution in [0.1, 0.15) is 113 Å². The predicted molar refractivity (Wildman–Crippen MR) is 130 cm³/mol. The SMILES string of the molecule is CCCCCCCCC[C@H]1CC[C@H](CCc2cc3sc(CCC)cc3s2)CC1. The third-order valence-corrected chi connectivity index (χ3v) is 9.20. The summed E-state index contributed by atoms with van der Waals surface area (Å²) in [5, 5.41) is 0. The molecule has 3 rings (SSSR count). The minimum atomic E-state index is 1.00. The van der Waals surface area contributed by atoms with Crippen LogP contribution in [0.2, 0.25) is 0 Å². The number of rotatable bonds is 13. The lowest BCUT2D eigenvalue weighted by molar-refractivity contribution is 0.249. The van der Waals surface area contributed by atoms with Crippen molar-refractivity contribution >= 4 is 32.1 Å². The number of fused-ring (bicyclic) bond motifs is 1. The normalized spacial score (nSPS) is 20.2. The average molecular weight is 419 g/mol. The maximum absolute atomic E-state index is 2.50. The van der Waals surface area contributed by atoms with Gasteiger partial charge >= 0.3 is 0 Å². The molecule has 0 atom stereocenters. The molecule has 0 aliphatic heterocycles. The maximum atomic E-state index is 2.50. The van der Waals surface area contributed by atoms with Crippen LogP contribution in [0.4, 0.5) is 0 Å². The molecule has 0 radical (unpaired) electrons. The molecular weight excluding hydrogens is 376 g/mol. The third kappa shape index (κ3) is 7.17. The Morgan fingerprint density at radius 1 is 0.643 bits per heavy atom. The Morgan fingerprint density at radius 3 is 1.79 bits per heavy atom. The second-order valence-corrected chi connectivity index (χ2v) is 11.6. The third-order valence-electron chi connectivity index (χ3n) is 6.79. The molecule has 0 saturated heterocycles. The molecule has 1 aliphatic rings. The highest BCUT2D eigenvalue weighted by molar-refractivity contribution is 7.27. The van der Waals surface area contributed by atoms with Crippen molar-refractivity contribution in [3.8, 4) is 0 Å². The van der Waals surface area contributed by atoms with E-state index in [1.807, 2.05) is 11.3 Å². The van der Waals surface area contributed by atoms with E-state index in [4.69, 9.17) is 0 Å². The quantitative estimate of drug-likeness (QED) is 0.284. The van der Waals surface area contributed by atoms with E-state index in [0.29, 0.717) is 0 Å². The molecule has 0 unspecified atom stereocenters. The van der Waals surface area contributed by atoms with E-state index in [-0.39, 0.29) is 0 Å². The summed E-state index contributed by atoms with van der Waals surface area (Å²) in [4.78, 5) is 3.21. The first-order valence-electron chi connectivity index (χ1n) is 12.3. The zero-order valence-electron chi connectivity index (χ0n) is 18.4. The zero-order chi connectivity index (χ0) is 19.6. The number of hydrogen-bond acceptors (Lipinski definition) is 2. The van der Waals surface area contributed by atoms with Crippen molar-refractivity contribution in [1.29, 1.82) is 0 Å². The van der Waals surface area contributed by atoms with Gasteiger partial charge in [-0.25, -0.2) is 0 Å². The standard InChI is InChI=1S/C26H42S2/c1-3-5-6-7-8-9-10-12-21-13-15-22(16-14-21)17-18-24-20-26-25(28-24)19-23(27-26)11-4-2/h19-22H,3-18H2,1-2H3/t21-,22-. The number of aryl methyl sites for hydroxylation is 2. The zero-order valence-corrected chi connectivity index (χ0v) is 20.1. The average Bonchev–Trinajstić information content (AvgIpc) is 3.25. The van der Waals surface area contributed by atoms with E-state index in [1.54, 1.807) is 19.2 Å². The van der Waals surface area contributed by atoms with Gasteiger partial charge in [-0.05, 0) is 43.2 Å². The van der Waals surface area contributed by atoms with Crippen molar-refractivity contribution in [3.63, 3.8) is 0 Å². The molecule has 2 heterocycles. The summed E-state index contributed by atoms with van der Waals surface area (Å²) in [5.41, 5.74) is 0. The van der Waals surface area contributed by atoms with Gasteiger partial charge in [-0.15, -0.1) is 22.7 Å². The summed E-state index contributed by atoms with van der Waals surface area (Å²) in [6.45, 7) is 4.59. The molecule has 2 heteroatoms. The smallest absolute Gasteiger partial charge is 0.0456 e. The molecule has 0 bridgehead atoms. The summed E-state index contributed by atoms with van der Waals surface area (Å²) in [6, 6.07) is 4.95.